The molecule has 2 N–H and O–H groups in total. The summed E-state index contributed by atoms with van der Waals surface area (Å²) in [6, 6.07) is 7.86. The lowest BCUT2D eigenvalue weighted by atomic mass is 10.3. The lowest BCUT2D eigenvalue weighted by molar-refractivity contribution is 0.242. The van der Waals surface area contributed by atoms with Crippen LogP contribution in [0.2, 0.25) is 0 Å². The van der Waals surface area contributed by atoms with Gasteiger partial charge in [-0.25, -0.2) is 0 Å². The number of ether oxygens (including phenoxy) is 1. The fourth-order valence-corrected chi connectivity index (χ4v) is 1.26. The van der Waals surface area contributed by atoms with Crippen molar-refractivity contribution in [2.75, 3.05) is 18.5 Å². The van der Waals surface area contributed by atoms with Crippen LogP contribution in [0.25, 0.3) is 0 Å². The molecule has 0 saturated heterocycles. The summed E-state index contributed by atoms with van der Waals surface area (Å²) in [7, 11) is 0. The Labute approximate surface area is 91.1 Å². The second-order valence-corrected chi connectivity index (χ2v) is 3.70. The summed E-state index contributed by atoms with van der Waals surface area (Å²) >= 11 is 0. The maximum absolute atomic E-state index is 8.65. The van der Waals surface area contributed by atoms with E-state index in [1.54, 1.807) is 0 Å². The van der Waals surface area contributed by atoms with Crippen molar-refractivity contribution in [1.29, 1.82) is 0 Å². The third-order valence-electron chi connectivity index (χ3n) is 1.87. The van der Waals surface area contributed by atoms with Crippen molar-refractivity contribution >= 4 is 5.69 Å². The first-order valence-electron chi connectivity index (χ1n) is 5.34. The van der Waals surface area contributed by atoms with Crippen molar-refractivity contribution in [3.63, 3.8) is 0 Å². The van der Waals surface area contributed by atoms with E-state index in [-0.39, 0.29) is 12.7 Å². The Balaban J connectivity index is 2.50. The molecule has 0 saturated carbocycles. The summed E-state index contributed by atoms with van der Waals surface area (Å²) in [6.07, 6.45) is 0.951. The molecule has 0 radical (unpaired) electrons. The van der Waals surface area contributed by atoms with Crippen molar-refractivity contribution < 1.29 is 9.84 Å². The third-order valence-corrected chi connectivity index (χ3v) is 1.87. The summed E-state index contributed by atoms with van der Waals surface area (Å²) in [5.74, 6) is 0.874. The molecule has 84 valence electrons. The van der Waals surface area contributed by atoms with E-state index in [1.807, 2.05) is 38.1 Å². The first-order valence-corrected chi connectivity index (χ1v) is 5.34. The van der Waals surface area contributed by atoms with Crippen molar-refractivity contribution in [1.82, 2.24) is 0 Å². The average Bonchev–Trinajstić information content (AvgIpc) is 2.18. The van der Waals surface area contributed by atoms with Gasteiger partial charge in [0.25, 0.3) is 0 Å². The van der Waals surface area contributed by atoms with Crippen LogP contribution in [0.1, 0.15) is 20.3 Å². The number of nitrogens with one attached hydrogen (secondary N) is 1. The number of aliphatic hydroxyl groups excluding tert-OH is 1. The van der Waals surface area contributed by atoms with Gasteiger partial charge in [0.15, 0.2) is 0 Å². The molecule has 0 fully saturated rings. The SMILES string of the molecule is CC(C)Oc1cccc(NCCCO)c1. The van der Waals surface area contributed by atoms with Gasteiger partial charge in [0.05, 0.1) is 6.10 Å². The lowest BCUT2D eigenvalue weighted by Gasteiger charge is -2.11. The molecule has 3 heteroatoms. The minimum absolute atomic E-state index is 0.192. The van der Waals surface area contributed by atoms with Gasteiger partial charge in [-0.3, -0.25) is 0 Å². The minimum atomic E-state index is 0.192. The van der Waals surface area contributed by atoms with Crippen LogP contribution in [-0.4, -0.2) is 24.4 Å². The third kappa shape index (κ3) is 4.70. The predicted molar refractivity (Wildman–Crippen MR) is 62.4 cm³/mol. The molecular formula is C12H19NO2. The van der Waals surface area contributed by atoms with Crippen LogP contribution >= 0.6 is 0 Å². The molecule has 0 spiro atoms. The molecule has 15 heavy (non-hydrogen) atoms. The van der Waals surface area contributed by atoms with Crippen LogP contribution in [0.3, 0.4) is 0 Å². The molecule has 0 aliphatic carbocycles. The quantitative estimate of drug-likeness (QED) is 0.706. The molecule has 0 amide bonds. The Hall–Kier alpha value is -1.22. The number of anilines is 1. The Bertz CT molecular complexity index is 287. The standard InChI is InChI=1S/C12H19NO2/c1-10(2)15-12-6-3-5-11(9-12)13-7-4-8-14/h3,5-6,9-10,13-14H,4,7-8H2,1-2H3. The van der Waals surface area contributed by atoms with Gasteiger partial charge in [-0.2, -0.15) is 0 Å². The first-order chi connectivity index (χ1) is 7.22. The van der Waals surface area contributed by atoms with Crippen molar-refractivity contribution in [2.45, 2.75) is 26.4 Å². The Morgan fingerprint density at radius 1 is 1.40 bits per heavy atom. The normalized spacial score (nSPS) is 10.4. The second kappa shape index (κ2) is 6.30. The fraction of sp³-hybridized carbons (Fsp3) is 0.500. The Morgan fingerprint density at radius 3 is 2.87 bits per heavy atom. The van der Waals surface area contributed by atoms with Gasteiger partial charge in [-0.1, -0.05) is 6.07 Å². The molecular weight excluding hydrogens is 190 g/mol. The summed E-state index contributed by atoms with van der Waals surface area (Å²) in [5.41, 5.74) is 1.03. The number of rotatable bonds is 6. The zero-order chi connectivity index (χ0) is 11.1. The van der Waals surface area contributed by atoms with E-state index in [2.05, 4.69) is 5.32 Å². The van der Waals surface area contributed by atoms with E-state index in [0.29, 0.717) is 0 Å². The number of benzene rings is 1. The fourth-order valence-electron chi connectivity index (χ4n) is 1.26. The van der Waals surface area contributed by atoms with Gasteiger partial charge in [0.1, 0.15) is 5.75 Å². The number of aliphatic hydroxyl groups is 1. The van der Waals surface area contributed by atoms with Crippen LogP contribution in [-0.2, 0) is 0 Å². The van der Waals surface area contributed by atoms with Gasteiger partial charge in [-0.05, 0) is 32.4 Å². The maximum atomic E-state index is 8.65. The van der Waals surface area contributed by atoms with Crippen LogP contribution in [0.5, 0.6) is 5.75 Å². The monoisotopic (exact) mass is 209 g/mol. The van der Waals surface area contributed by atoms with Gasteiger partial charge in [0.2, 0.25) is 0 Å². The molecule has 0 aliphatic heterocycles. The molecule has 0 bridgehead atoms. The highest BCUT2D eigenvalue weighted by Crippen LogP contribution is 2.18. The summed E-state index contributed by atoms with van der Waals surface area (Å²) < 4.78 is 5.57. The van der Waals surface area contributed by atoms with E-state index in [0.717, 1.165) is 24.4 Å². The molecule has 1 rings (SSSR count). The Morgan fingerprint density at radius 2 is 2.20 bits per heavy atom. The number of hydrogen-bond acceptors (Lipinski definition) is 3. The van der Waals surface area contributed by atoms with Crippen molar-refractivity contribution in [3.8, 4) is 5.75 Å². The van der Waals surface area contributed by atoms with E-state index < -0.39 is 0 Å². The van der Waals surface area contributed by atoms with Gasteiger partial charge in [0, 0.05) is 24.9 Å². The largest absolute Gasteiger partial charge is 0.491 e. The van der Waals surface area contributed by atoms with Crippen LogP contribution in [0.15, 0.2) is 24.3 Å². The highest BCUT2D eigenvalue weighted by atomic mass is 16.5. The molecule has 1 aromatic carbocycles. The zero-order valence-corrected chi connectivity index (χ0v) is 9.36. The topological polar surface area (TPSA) is 41.5 Å². The van der Waals surface area contributed by atoms with Crippen LogP contribution in [0, 0.1) is 0 Å². The lowest BCUT2D eigenvalue weighted by Crippen LogP contribution is -2.07. The van der Waals surface area contributed by atoms with Crippen molar-refractivity contribution in [3.05, 3.63) is 24.3 Å². The van der Waals surface area contributed by atoms with E-state index in [1.165, 1.54) is 0 Å². The Kier molecular flexibility index (Phi) is 4.98. The number of hydrogen-bond donors (Lipinski definition) is 2. The molecule has 0 aromatic heterocycles. The zero-order valence-electron chi connectivity index (χ0n) is 9.36. The molecule has 3 nitrogen and oxygen atoms in total. The highest BCUT2D eigenvalue weighted by Gasteiger charge is 1.98. The second-order valence-electron chi connectivity index (χ2n) is 3.70. The van der Waals surface area contributed by atoms with E-state index >= 15 is 0 Å². The van der Waals surface area contributed by atoms with Gasteiger partial charge in [-0.15, -0.1) is 0 Å². The maximum Gasteiger partial charge on any atom is 0.121 e. The summed E-state index contributed by atoms with van der Waals surface area (Å²) in [6.45, 7) is 5.01. The van der Waals surface area contributed by atoms with Crippen molar-refractivity contribution in [2.24, 2.45) is 0 Å². The molecule has 0 heterocycles. The minimum Gasteiger partial charge on any atom is -0.491 e. The van der Waals surface area contributed by atoms with Gasteiger partial charge < -0.3 is 15.2 Å². The van der Waals surface area contributed by atoms with Crippen LogP contribution in [0.4, 0.5) is 5.69 Å². The summed E-state index contributed by atoms with van der Waals surface area (Å²) in [5, 5.41) is 11.9. The van der Waals surface area contributed by atoms with E-state index in [9.17, 15) is 0 Å². The molecule has 0 atom stereocenters. The first kappa shape index (κ1) is 11.9. The smallest absolute Gasteiger partial charge is 0.121 e. The average molecular weight is 209 g/mol. The molecule has 0 unspecified atom stereocenters. The molecule has 1 aromatic rings. The van der Waals surface area contributed by atoms with Gasteiger partial charge >= 0.3 is 0 Å². The van der Waals surface area contributed by atoms with Crippen LogP contribution < -0.4 is 10.1 Å². The predicted octanol–water partition coefficient (Wildman–Crippen LogP) is 2.27. The summed E-state index contributed by atoms with van der Waals surface area (Å²) in [4.78, 5) is 0. The molecule has 0 aliphatic rings. The van der Waals surface area contributed by atoms with E-state index in [4.69, 9.17) is 9.84 Å². The highest BCUT2D eigenvalue weighted by molar-refractivity contribution is 5.48.